The second-order valence-corrected chi connectivity index (χ2v) is 7.36. The van der Waals surface area contributed by atoms with Gasteiger partial charge >= 0.3 is 0 Å². The number of benzene rings is 1. The van der Waals surface area contributed by atoms with Crippen LogP contribution in [-0.4, -0.2) is 23.6 Å². The van der Waals surface area contributed by atoms with Crippen molar-refractivity contribution in [2.75, 3.05) is 13.8 Å². The Balaban J connectivity index is 2.42. The Morgan fingerprint density at radius 2 is 1.48 bits per heavy atom. The topological polar surface area (TPSA) is 66.8 Å². The van der Waals surface area contributed by atoms with Crippen LogP contribution in [-0.2, 0) is 4.52 Å². The van der Waals surface area contributed by atoms with Gasteiger partial charge in [-0.15, -0.1) is 0 Å². The molecule has 0 aliphatic carbocycles. The summed E-state index contributed by atoms with van der Waals surface area (Å²) in [7, 11) is -1.15. The number of hydrogen-bond donors (Lipinski definition) is 2. The Hall–Kier alpha value is -1.15. The maximum absolute atomic E-state index is 12.1. The lowest BCUT2D eigenvalue weighted by Crippen LogP contribution is -2.03. The zero-order valence-electron chi connectivity index (χ0n) is 11.7. The highest BCUT2D eigenvalue weighted by Gasteiger charge is 2.07. The van der Waals surface area contributed by atoms with E-state index in [0.29, 0.717) is 10.9 Å². The van der Waals surface area contributed by atoms with E-state index in [1.54, 1.807) is 19.2 Å². The summed E-state index contributed by atoms with van der Waals surface area (Å²) in [6.07, 6.45) is 0. The van der Waals surface area contributed by atoms with Crippen LogP contribution in [0.4, 0.5) is 0 Å². The first-order valence-corrected chi connectivity index (χ1v) is 9.19. The van der Waals surface area contributed by atoms with E-state index in [1.807, 2.05) is 30.9 Å². The Labute approximate surface area is 125 Å². The van der Waals surface area contributed by atoms with Crippen molar-refractivity contribution >= 4 is 27.1 Å². The van der Waals surface area contributed by atoms with Gasteiger partial charge in [-0.25, -0.2) is 0 Å². The molecule has 2 aromatic rings. The van der Waals surface area contributed by atoms with Gasteiger partial charge in [0.15, 0.2) is 13.8 Å². The molecule has 2 N–H and O–H groups in total. The lowest BCUT2D eigenvalue weighted by Gasteiger charge is -2.09. The highest BCUT2D eigenvalue weighted by molar-refractivity contribution is 7.60. The molecule has 2 rings (SSSR count). The van der Waals surface area contributed by atoms with Crippen molar-refractivity contribution in [1.29, 1.82) is 0 Å². The lowest BCUT2D eigenvalue weighted by atomic mass is 10.1. The molecular weight excluding hydrogens is 306 g/mol. The fraction of sp³-hybridized carbons (Fsp3) is 0.133. The molecule has 0 radical (unpaired) electrons. The maximum atomic E-state index is 12.1. The van der Waals surface area contributed by atoms with Crippen LogP contribution in [0.25, 0.3) is 11.1 Å². The largest absolute Gasteiger partial charge is 0.358 e. The van der Waals surface area contributed by atoms with Crippen LogP contribution in [0.3, 0.4) is 0 Å². The van der Waals surface area contributed by atoms with Crippen LogP contribution in [0.5, 0.6) is 0 Å². The summed E-state index contributed by atoms with van der Waals surface area (Å²) in [5.41, 5.74) is 1.17. The molecule has 0 fully saturated rings. The van der Waals surface area contributed by atoms with Gasteiger partial charge in [-0.05, 0) is 36.5 Å². The molecule has 4 nitrogen and oxygen atoms in total. The number of hydrogen-bond acceptors (Lipinski definition) is 4. The average Bonchev–Trinajstić information content (AvgIpc) is 2.68. The van der Waals surface area contributed by atoms with Crippen LogP contribution < -0.4 is 16.0 Å². The van der Waals surface area contributed by atoms with Crippen molar-refractivity contribution in [2.45, 2.75) is 0 Å². The van der Waals surface area contributed by atoms with E-state index >= 15 is 0 Å². The highest BCUT2D eigenvalue weighted by atomic mass is 31.2. The van der Waals surface area contributed by atoms with Gasteiger partial charge in [-0.1, -0.05) is 24.3 Å². The summed E-state index contributed by atoms with van der Waals surface area (Å²) in [5, 5.41) is 1.44. The van der Waals surface area contributed by atoms with Gasteiger partial charge in [-0.3, -0.25) is 4.79 Å². The fourth-order valence-electron chi connectivity index (χ4n) is 1.89. The first-order chi connectivity index (χ1) is 10.0. The second kappa shape index (κ2) is 7.22. The summed E-state index contributed by atoms with van der Waals surface area (Å²) in [5.74, 6) is 0. The molecule has 0 aliphatic rings. The van der Waals surface area contributed by atoms with Crippen molar-refractivity contribution < 1.29 is 14.3 Å². The van der Waals surface area contributed by atoms with Gasteiger partial charge in [-0.2, -0.15) is 0 Å². The van der Waals surface area contributed by atoms with Crippen molar-refractivity contribution in [3.8, 4) is 11.1 Å². The van der Waals surface area contributed by atoms with E-state index in [2.05, 4.69) is 0 Å². The van der Waals surface area contributed by atoms with E-state index in [4.69, 9.17) is 4.52 Å². The summed E-state index contributed by atoms with van der Waals surface area (Å²) in [6.45, 7) is 2.02. The minimum absolute atomic E-state index is 0.156. The Morgan fingerprint density at radius 1 is 0.905 bits per heavy atom. The van der Waals surface area contributed by atoms with Crippen molar-refractivity contribution in [3.63, 3.8) is 0 Å². The van der Waals surface area contributed by atoms with E-state index in [9.17, 15) is 14.6 Å². The predicted octanol–water partition coefficient (Wildman–Crippen LogP) is 1.93. The zero-order valence-corrected chi connectivity index (χ0v) is 13.5. The van der Waals surface area contributed by atoms with Gasteiger partial charge in [0.05, 0.1) is 8.15 Å². The maximum Gasteiger partial charge on any atom is 0.199 e. The molecular formula is C15H16O4P2. The third-order valence-corrected chi connectivity index (χ3v) is 5.47. The van der Waals surface area contributed by atoms with Gasteiger partial charge in [0.2, 0.25) is 0 Å². The summed E-state index contributed by atoms with van der Waals surface area (Å²) >= 11 is 0. The Bertz CT molecular complexity index is 671. The molecule has 2 aromatic carbocycles. The van der Waals surface area contributed by atoms with Crippen LogP contribution in [0.1, 0.15) is 0 Å². The van der Waals surface area contributed by atoms with Crippen LogP contribution in [0.15, 0.2) is 53.3 Å². The predicted molar refractivity (Wildman–Crippen MR) is 88.6 cm³/mol. The standard InChI is InChI=1S/C15H16O4P2/c1-19-20(2)12-5-3-11(4-6-12)14-9-7-13(21(17)18)8-10-15(14)16/h3-10,17-18H,1-2H3. The molecule has 110 valence electrons. The monoisotopic (exact) mass is 322 g/mol. The van der Waals surface area contributed by atoms with E-state index in [1.165, 1.54) is 12.1 Å². The first kappa shape index (κ1) is 16.2. The van der Waals surface area contributed by atoms with Gasteiger partial charge < -0.3 is 14.3 Å². The van der Waals surface area contributed by atoms with E-state index < -0.39 is 16.5 Å². The molecule has 0 spiro atoms. The summed E-state index contributed by atoms with van der Waals surface area (Å²) in [4.78, 5) is 30.5. The molecule has 0 saturated carbocycles. The summed E-state index contributed by atoms with van der Waals surface area (Å²) < 4.78 is 5.31. The Morgan fingerprint density at radius 3 is 2.05 bits per heavy atom. The smallest absolute Gasteiger partial charge is 0.199 e. The van der Waals surface area contributed by atoms with Crippen LogP contribution >= 0.6 is 16.5 Å². The highest BCUT2D eigenvalue weighted by Crippen LogP contribution is 2.30. The van der Waals surface area contributed by atoms with E-state index in [0.717, 1.165) is 10.9 Å². The first-order valence-electron chi connectivity index (χ1n) is 6.23. The third kappa shape index (κ3) is 3.94. The van der Waals surface area contributed by atoms with Crippen LogP contribution in [0, 0.1) is 0 Å². The van der Waals surface area contributed by atoms with Crippen LogP contribution in [0.2, 0.25) is 0 Å². The normalized spacial score (nSPS) is 12.4. The van der Waals surface area contributed by atoms with Crippen molar-refractivity contribution in [1.82, 2.24) is 0 Å². The minimum Gasteiger partial charge on any atom is -0.358 e. The summed E-state index contributed by atoms with van der Waals surface area (Å²) in [6, 6.07) is 13.7. The molecule has 1 atom stereocenters. The van der Waals surface area contributed by atoms with E-state index in [-0.39, 0.29) is 5.43 Å². The third-order valence-electron chi connectivity index (χ3n) is 3.14. The molecule has 0 bridgehead atoms. The van der Waals surface area contributed by atoms with Gasteiger partial charge in [0.25, 0.3) is 0 Å². The second-order valence-electron chi connectivity index (χ2n) is 4.39. The molecule has 0 amide bonds. The van der Waals surface area contributed by atoms with Crippen molar-refractivity contribution in [2.24, 2.45) is 0 Å². The molecule has 0 aliphatic heterocycles. The fourth-order valence-corrected chi connectivity index (χ4v) is 3.08. The molecule has 0 heterocycles. The molecule has 1 unspecified atom stereocenters. The quantitative estimate of drug-likeness (QED) is 0.844. The van der Waals surface area contributed by atoms with Gasteiger partial charge in [0, 0.05) is 23.3 Å². The zero-order chi connectivity index (χ0) is 15.4. The molecule has 0 aromatic heterocycles. The molecule has 0 saturated heterocycles. The van der Waals surface area contributed by atoms with Gasteiger partial charge in [0.1, 0.15) is 0 Å². The molecule has 21 heavy (non-hydrogen) atoms. The Kier molecular flexibility index (Phi) is 5.58. The minimum atomic E-state index is -2.20. The van der Waals surface area contributed by atoms with Crippen molar-refractivity contribution in [3.05, 3.63) is 58.8 Å². The number of rotatable bonds is 4. The molecule has 6 heteroatoms. The SMILES string of the molecule is COP(C)c1ccc(-c2ccc(P(O)O)ccc2=O)cc1. The average molecular weight is 322 g/mol. The lowest BCUT2D eigenvalue weighted by molar-refractivity contribution is 0.471.